The van der Waals surface area contributed by atoms with Crippen molar-refractivity contribution in [2.45, 2.75) is 12.2 Å². The summed E-state index contributed by atoms with van der Waals surface area (Å²) in [4.78, 5) is 19.5. The molecule has 0 aliphatic carbocycles. The molecule has 0 aliphatic heterocycles. The number of hydrogen-bond donors (Lipinski definition) is 4. The Kier molecular flexibility index (Phi) is 11.5. The first-order valence-electron chi connectivity index (χ1n) is 2.28. The van der Waals surface area contributed by atoms with Crippen LogP contribution in [0.3, 0.4) is 0 Å². The predicted octanol–water partition coefficient (Wildman–Crippen LogP) is -2.88. The fourth-order valence-corrected chi connectivity index (χ4v) is 0.270. The molecule has 0 heterocycles. The Balaban J connectivity index is -0.000000405. The maximum Gasteiger partial charge on any atom is 0.335 e. The van der Waals surface area contributed by atoms with E-state index in [1.165, 1.54) is 0 Å². The summed E-state index contributed by atoms with van der Waals surface area (Å²) < 4.78 is 0. The molecule has 8 heteroatoms. The number of aliphatic carboxylic acids is 2. The molecule has 0 aromatic heterocycles. The van der Waals surface area contributed by atoms with Gasteiger partial charge in [-0.3, -0.25) is 0 Å². The van der Waals surface area contributed by atoms with E-state index in [0.29, 0.717) is 0 Å². The van der Waals surface area contributed by atoms with Crippen LogP contribution in [0.5, 0.6) is 0 Å². The van der Waals surface area contributed by atoms with Gasteiger partial charge in [0.05, 0.1) is 0 Å². The predicted molar refractivity (Wildman–Crippen MR) is 38.8 cm³/mol. The average Bonchev–Trinajstić information content (AvgIpc) is 1.84. The molecule has 0 aromatic carbocycles. The molecule has 2 radical (unpaired) electrons. The Labute approximate surface area is 91.9 Å². The van der Waals surface area contributed by atoms with Gasteiger partial charge in [0.15, 0.2) is 12.2 Å². The van der Waals surface area contributed by atoms with E-state index >= 15 is 0 Å². The van der Waals surface area contributed by atoms with E-state index in [-0.39, 0.29) is 37.7 Å². The first kappa shape index (κ1) is 18.0. The van der Waals surface area contributed by atoms with Gasteiger partial charge in [-0.15, -0.1) is 0 Å². The van der Waals surface area contributed by atoms with Gasteiger partial charge >= 0.3 is 11.9 Å². The molecular weight excluding hydrogens is 158 g/mol. The Bertz CT molecular complexity index is 142. The van der Waals surface area contributed by atoms with Gasteiger partial charge in [-0.2, -0.15) is 0 Å². The summed E-state index contributed by atoms with van der Waals surface area (Å²) in [6, 6.07) is 0. The van der Waals surface area contributed by atoms with Gasteiger partial charge in [0.25, 0.3) is 0 Å². The van der Waals surface area contributed by atoms with Crippen LogP contribution in [0, 0.1) is 0 Å². The molecular formula is C4H6Li2O6. The second-order valence-electron chi connectivity index (χ2n) is 1.57. The van der Waals surface area contributed by atoms with Crippen molar-refractivity contribution in [2.75, 3.05) is 0 Å². The maximum atomic E-state index is 9.77. The van der Waals surface area contributed by atoms with Crippen LogP contribution in [-0.4, -0.2) is 82.3 Å². The molecule has 0 amide bonds. The number of carbonyl (C=O) groups is 2. The van der Waals surface area contributed by atoms with Crippen LogP contribution in [0.15, 0.2) is 0 Å². The van der Waals surface area contributed by atoms with Gasteiger partial charge in [0, 0.05) is 37.7 Å². The number of carboxylic acid groups (broad SMARTS) is 2. The molecule has 4 N–H and O–H groups in total. The van der Waals surface area contributed by atoms with Crippen molar-refractivity contribution in [2.24, 2.45) is 0 Å². The molecule has 60 valence electrons. The zero-order chi connectivity index (χ0) is 8.31. The fourth-order valence-electron chi connectivity index (χ4n) is 0.270. The zero-order valence-electron chi connectivity index (χ0n) is 6.76. The van der Waals surface area contributed by atoms with Crippen LogP contribution in [-0.2, 0) is 9.59 Å². The van der Waals surface area contributed by atoms with E-state index < -0.39 is 24.1 Å². The molecule has 12 heavy (non-hydrogen) atoms. The van der Waals surface area contributed by atoms with Gasteiger partial charge in [-0.1, -0.05) is 0 Å². The number of hydrogen-bond acceptors (Lipinski definition) is 4. The summed E-state index contributed by atoms with van der Waals surface area (Å²) in [7, 11) is 0. The average molecular weight is 164 g/mol. The van der Waals surface area contributed by atoms with Crippen LogP contribution >= 0.6 is 0 Å². The molecule has 0 spiro atoms. The molecule has 2 atom stereocenters. The quantitative estimate of drug-likeness (QED) is 0.333. The van der Waals surface area contributed by atoms with Crippen LogP contribution in [0.2, 0.25) is 0 Å². The molecule has 0 bridgehead atoms. The second kappa shape index (κ2) is 7.69. The third-order valence-electron chi connectivity index (χ3n) is 0.805. The molecule has 2 unspecified atom stereocenters. The summed E-state index contributed by atoms with van der Waals surface area (Å²) in [5.41, 5.74) is 0. The monoisotopic (exact) mass is 164 g/mol. The number of carboxylic acids is 2. The van der Waals surface area contributed by atoms with Crippen molar-refractivity contribution in [1.82, 2.24) is 0 Å². The van der Waals surface area contributed by atoms with E-state index in [1.807, 2.05) is 0 Å². The summed E-state index contributed by atoms with van der Waals surface area (Å²) in [5.74, 6) is -3.54. The Hall–Kier alpha value is 0.0548. The first-order valence-corrected chi connectivity index (χ1v) is 2.28. The van der Waals surface area contributed by atoms with E-state index in [2.05, 4.69) is 0 Å². The topological polar surface area (TPSA) is 115 Å². The maximum absolute atomic E-state index is 9.77. The normalized spacial score (nSPS) is 13.2. The minimum Gasteiger partial charge on any atom is -0.479 e. The van der Waals surface area contributed by atoms with Crippen molar-refractivity contribution in [3.63, 3.8) is 0 Å². The standard InChI is InChI=1S/C4H6O6.2Li/c5-1(3(7)8)2(6)4(9)10;;/h1-2,5-6H,(H,7,8)(H,9,10);;. The Morgan fingerprint density at radius 3 is 1.08 bits per heavy atom. The van der Waals surface area contributed by atoms with E-state index in [9.17, 15) is 9.59 Å². The van der Waals surface area contributed by atoms with Gasteiger partial charge in [0.2, 0.25) is 0 Å². The van der Waals surface area contributed by atoms with Crippen molar-refractivity contribution in [1.29, 1.82) is 0 Å². The Morgan fingerprint density at radius 2 is 1.00 bits per heavy atom. The third kappa shape index (κ3) is 5.67. The van der Waals surface area contributed by atoms with Gasteiger partial charge in [-0.05, 0) is 0 Å². The SMILES string of the molecule is O=C(O)C(O)C(O)C(=O)O.[Li].[Li]. The van der Waals surface area contributed by atoms with Crippen LogP contribution in [0.1, 0.15) is 0 Å². The number of aliphatic hydroxyl groups is 2. The Morgan fingerprint density at radius 1 is 0.833 bits per heavy atom. The van der Waals surface area contributed by atoms with Crippen molar-refractivity contribution in [3.8, 4) is 0 Å². The van der Waals surface area contributed by atoms with E-state index in [1.54, 1.807) is 0 Å². The summed E-state index contributed by atoms with van der Waals surface area (Å²) >= 11 is 0. The molecule has 6 nitrogen and oxygen atoms in total. The van der Waals surface area contributed by atoms with Gasteiger partial charge < -0.3 is 20.4 Å². The van der Waals surface area contributed by atoms with Crippen LogP contribution in [0.25, 0.3) is 0 Å². The summed E-state index contributed by atoms with van der Waals surface area (Å²) in [5, 5.41) is 32.5. The summed E-state index contributed by atoms with van der Waals surface area (Å²) in [6.45, 7) is 0. The van der Waals surface area contributed by atoms with Crippen molar-refractivity contribution < 1.29 is 30.0 Å². The second-order valence-corrected chi connectivity index (χ2v) is 1.57. The summed E-state index contributed by atoms with van der Waals surface area (Å²) in [6.07, 6.45) is -4.53. The van der Waals surface area contributed by atoms with Crippen molar-refractivity contribution in [3.05, 3.63) is 0 Å². The van der Waals surface area contributed by atoms with E-state index in [0.717, 1.165) is 0 Å². The third-order valence-corrected chi connectivity index (χ3v) is 0.805. The van der Waals surface area contributed by atoms with Gasteiger partial charge in [0.1, 0.15) is 0 Å². The fraction of sp³-hybridized carbons (Fsp3) is 0.500. The molecule has 0 aromatic rings. The largest absolute Gasteiger partial charge is 0.479 e. The molecule has 0 saturated carbocycles. The molecule has 0 aliphatic rings. The minimum absolute atomic E-state index is 0. The van der Waals surface area contributed by atoms with Gasteiger partial charge in [-0.25, -0.2) is 9.59 Å². The molecule has 0 fully saturated rings. The van der Waals surface area contributed by atoms with Crippen LogP contribution in [0.4, 0.5) is 0 Å². The minimum atomic E-state index is -2.27. The molecule has 0 rings (SSSR count). The first-order chi connectivity index (χ1) is 4.46. The molecule has 0 saturated heterocycles. The zero-order valence-corrected chi connectivity index (χ0v) is 6.76. The van der Waals surface area contributed by atoms with Crippen LogP contribution < -0.4 is 0 Å². The van der Waals surface area contributed by atoms with Crippen molar-refractivity contribution >= 4 is 49.7 Å². The van der Waals surface area contributed by atoms with E-state index in [4.69, 9.17) is 20.4 Å². The number of aliphatic hydroxyl groups excluding tert-OH is 2. The number of rotatable bonds is 3. The smallest absolute Gasteiger partial charge is 0.335 e.